The molecule has 3 rings (SSSR count). The van der Waals surface area contributed by atoms with Gasteiger partial charge in [-0.15, -0.1) is 0 Å². The normalized spacial score (nSPS) is 15.3. The summed E-state index contributed by atoms with van der Waals surface area (Å²) in [6.45, 7) is 1.43. The molecular formula is C21H28N4O2. The third-order valence-electron chi connectivity index (χ3n) is 4.53. The lowest BCUT2D eigenvalue weighted by Crippen LogP contribution is -2.41. The van der Waals surface area contributed by atoms with Crippen LogP contribution < -0.4 is 20.5 Å². The van der Waals surface area contributed by atoms with E-state index in [2.05, 4.69) is 15.3 Å². The highest BCUT2D eigenvalue weighted by molar-refractivity contribution is 5.78. The minimum absolute atomic E-state index is 0.442. The van der Waals surface area contributed by atoms with E-state index >= 15 is 0 Å². The molecule has 0 saturated heterocycles. The van der Waals surface area contributed by atoms with Crippen molar-refractivity contribution in [2.45, 2.75) is 44.7 Å². The van der Waals surface area contributed by atoms with E-state index in [-0.39, 0.29) is 0 Å². The van der Waals surface area contributed by atoms with Crippen LogP contribution >= 0.6 is 0 Å². The van der Waals surface area contributed by atoms with Gasteiger partial charge in [-0.1, -0.05) is 43.5 Å². The number of hydrogen-bond acceptors (Lipinski definition) is 4. The van der Waals surface area contributed by atoms with E-state index in [1.165, 1.54) is 32.1 Å². The fourth-order valence-electron chi connectivity index (χ4n) is 3.09. The lowest BCUT2D eigenvalue weighted by molar-refractivity contribution is 0.212. The molecule has 144 valence electrons. The molecule has 1 heterocycles. The minimum atomic E-state index is 0.442. The van der Waals surface area contributed by atoms with Gasteiger partial charge in [-0.05, 0) is 30.5 Å². The Hall–Kier alpha value is -2.76. The Morgan fingerprint density at radius 2 is 1.81 bits per heavy atom. The van der Waals surface area contributed by atoms with E-state index in [1.54, 1.807) is 6.20 Å². The average molecular weight is 368 g/mol. The molecule has 6 heteroatoms. The molecule has 1 fully saturated rings. The molecule has 0 spiro atoms. The molecule has 0 unspecified atom stereocenters. The standard InChI is InChI=1S/C21H28N4O2/c22-21(25-18-7-3-1-4-8-18)24-16-17-11-12-20(23-15-17)27-14-13-26-19-9-5-2-6-10-19/h2,5-6,9-12,15,18H,1,3-4,7-8,13-14,16H2,(H3,22,24,25). The summed E-state index contributed by atoms with van der Waals surface area (Å²) < 4.78 is 11.2. The SMILES string of the molecule is NC(=NCc1ccc(OCCOc2ccccc2)nc1)NC1CCCCC1. The van der Waals surface area contributed by atoms with Crippen LogP contribution in [-0.4, -0.2) is 30.2 Å². The first kappa shape index (κ1) is 19.0. The molecule has 0 aliphatic heterocycles. The number of nitrogens with one attached hydrogen (secondary N) is 1. The van der Waals surface area contributed by atoms with Gasteiger partial charge in [0.1, 0.15) is 19.0 Å². The quantitative estimate of drug-likeness (QED) is 0.424. The number of nitrogens with zero attached hydrogens (tertiary/aromatic N) is 2. The van der Waals surface area contributed by atoms with Crippen molar-refractivity contribution < 1.29 is 9.47 Å². The maximum atomic E-state index is 5.99. The van der Waals surface area contributed by atoms with Gasteiger partial charge in [-0.3, -0.25) is 0 Å². The third-order valence-corrected chi connectivity index (χ3v) is 4.53. The van der Waals surface area contributed by atoms with Crippen LogP contribution in [0.5, 0.6) is 11.6 Å². The lowest BCUT2D eigenvalue weighted by Gasteiger charge is -2.23. The summed E-state index contributed by atoms with van der Waals surface area (Å²) in [5.41, 5.74) is 6.99. The number of rotatable bonds is 8. The Labute approximate surface area is 160 Å². The Bertz CT molecular complexity index is 698. The zero-order valence-corrected chi connectivity index (χ0v) is 15.6. The fourth-order valence-corrected chi connectivity index (χ4v) is 3.09. The summed E-state index contributed by atoms with van der Waals surface area (Å²) in [5, 5.41) is 3.32. The van der Waals surface area contributed by atoms with Gasteiger partial charge < -0.3 is 20.5 Å². The Morgan fingerprint density at radius 1 is 1.04 bits per heavy atom. The zero-order valence-electron chi connectivity index (χ0n) is 15.6. The molecule has 2 aromatic rings. The van der Waals surface area contributed by atoms with E-state index in [9.17, 15) is 0 Å². The molecule has 3 N–H and O–H groups in total. The van der Waals surface area contributed by atoms with Crippen LogP contribution in [0.25, 0.3) is 0 Å². The summed E-state index contributed by atoms with van der Waals surface area (Å²) in [6.07, 6.45) is 7.99. The van der Waals surface area contributed by atoms with Crippen molar-refractivity contribution in [1.82, 2.24) is 10.3 Å². The van der Waals surface area contributed by atoms with Gasteiger partial charge in [-0.25, -0.2) is 9.98 Å². The molecule has 1 aliphatic carbocycles. The van der Waals surface area contributed by atoms with Crippen LogP contribution in [0.2, 0.25) is 0 Å². The number of benzene rings is 1. The van der Waals surface area contributed by atoms with Crippen molar-refractivity contribution in [3.8, 4) is 11.6 Å². The van der Waals surface area contributed by atoms with Crippen LogP contribution in [-0.2, 0) is 6.54 Å². The molecule has 0 amide bonds. The molecule has 0 bridgehead atoms. The molecule has 1 saturated carbocycles. The molecule has 0 atom stereocenters. The monoisotopic (exact) mass is 368 g/mol. The van der Waals surface area contributed by atoms with E-state index < -0.39 is 0 Å². The molecule has 6 nitrogen and oxygen atoms in total. The Balaban J connectivity index is 1.37. The van der Waals surface area contributed by atoms with E-state index in [0.29, 0.717) is 37.6 Å². The summed E-state index contributed by atoms with van der Waals surface area (Å²) in [6, 6.07) is 13.9. The summed E-state index contributed by atoms with van der Waals surface area (Å²) in [5.74, 6) is 1.93. The largest absolute Gasteiger partial charge is 0.490 e. The summed E-state index contributed by atoms with van der Waals surface area (Å²) in [7, 11) is 0. The number of guanidine groups is 1. The van der Waals surface area contributed by atoms with Gasteiger partial charge in [0, 0.05) is 18.3 Å². The number of hydrogen-bond donors (Lipinski definition) is 2. The molecule has 1 aromatic heterocycles. The van der Waals surface area contributed by atoms with E-state index in [1.807, 2.05) is 42.5 Å². The second-order valence-electron chi connectivity index (χ2n) is 6.70. The number of ether oxygens (including phenoxy) is 2. The van der Waals surface area contributed by atoms with E-state index in [0.717, 1.165) is 11.3 Å². The molecule has 1 aromatic carbocycles. The predicted octanol–water partition coefficient (Wildman–Crippen LogP) is 3.28. The minimum Gasteiger partial charge on any atom is -0.490 e. The van der Waals surface area contributed by atoms with Crippen LogP contribution in [0.3, 0.4) is 0 Å². The second kappa shape index (κ2) is 10.4. The maximum Gasteiger partial charge on any atom is 0.213 e. The lowest BCUT2D eigenvalue weighted by atomic mass is 9.96. The second-order valence-corrected chi connectivity index (χ2v) is 6.70. The molecule has 27 heavy (non-hydrogen) atoms. The highest BCUT2D eigenvalue weighted by atomic mass is 16.5. The van der Waals surface area contributed by atoms with Gasteiger partial charge >= 0.3 is 0 Å². The van der Waals surface area contributed by atoms with Crippen LogP contribution in [0, 0.1) is 0 Å². The van der Waals surface area contributed by atoms with Crippen molar-refractivity contribution in [1.29, 1.82) is 0 Å². The van der Waals surface area contributed by atoms with Gasteiger partial charge in [0.2, 0.25) is 5.88 Å². The number of pyridine rings is 1. The maximum absolute atomic E-state index is 5.99. The first-order chi connectivity index (χ1) is 13.3. The smallest absolute Gasteiger partial charge is 0.213 e. The summed E-state index contributed by atoms with van der Waals surface area (Å²) >= 11 is 0. The molecular weight excluding hydrogens is 340 g/mol. The highest BCUT2D eigenvalue weighted by Crippen LogP contribution is 2.17. The Morgan fingerprint density at radius 3 is 2.56 bits per heavy atom. The fraction of sp³-hybridized carbons (Fsp3) is 0.429. The van der Waals surface area contributed by atoms with Crippen molar-refractivity contribution in [2.24, 2.45) is 10.7 Å². The first-order valence-electron chi connectivity index (χ1n) is 9.61. The molecule has 1 aliphatic rings. The van der Waals surface area contributed by atoms with Gasteiger partial charge in [0.15, 0.2) is 5.96 Å². The van der Waals surface area contributed by atoms with Gasteiger partial charge in [-0.2, -0.15) is 0 Å². The average Bonchev–Trinajstić information content (AvgIpc) is 2.72. The van der Waals surface area contributed by atoms with Crippen LogP contribution in [0.15, 0.2) is 53.7 Å². The first-order valence-corrected chi connectivity index (χ1v) is 9.61. The van der Waals surface area contributed by atoms with Crippen LogP contribution in [0.1, 0.15) is 37.7 Å². The summed E-state index contributed by atoms with van der Waals surface area (Å²) in [4.78, 5) is 8.72. The Kier molecular flexibility index (Phi) is 7.33. The number of aromatic nitrogens is 1. The van der Waals surface area contributed by atoms with Crippen molar-refractivity contribution in [3.05, 3.63) is 54.2 Å². The predicted molar refractivity (Wildman–Crippen MR) is 107 cm³/mol. The third kappa shape index (κ3) is 6.81. The van der Waals surface area contributed by atoms with Gasteiger partial charge in [0.25, 0.3) is 0 Å². The van der Waals surface area contributed by atoms with Crippen molar-refractivity contribution in [2.75, 3.05) is 13.2 Å². The zero-order chi connectivity index (χ0) is 18.7. The number of aliphatic imine (C=N–C) groups is 1. The highest BCUT2D eigenvalue weighted by Gasteiger charge is 2.13. The van der Waals surface area contributed by atoms with E-state index in [4.69, 9.17) is 15.2 Å². The van der Waals surface area contributed by atoms with Gasteiger partial charge in [0.05, 0.1) is 6.54 Å². The van der Waals surface area contributed by atoms with Crippen molar-refractivity contribution in [3.63, 3.8) is 0 Å². The topological polar surface area (TPSA) is 81.8 Å². The van der Waals surface area contributed by atoms with Crippen molar-refractivity contribution >= 4 is 5.96 Å². The number of nitrogens with two attached hydrogens (primary N) is 1. The number of para-hydroxylation sites is 1. The molecule has 0 radical (unpaired) electrons. The van der Waals surface area contributed by atoms with Crippen LogP contribution in [0.4, 0.5) is 0 Å².